The van der Waals surface area contributed by atoms with Crippen molar-refractivity contribution in [3.63, 3.8) is 0 Å². The number of halogens is 2. The van der Waals surface area contributed by atoms with Gasteiger partial charge in [0.2, 0.25) is 0 Å². The largest absolute Gasteiger partial charge is 0.377 e. The summed E-state index contributed by atoms with van der Waals surface area (Å²) in [4.78, 5) is 8.65. The van der Waals surface area contributed by atoms with Crippen molar-refractivity contribution in [3.8, 4) is 10.7 Å². The summed E-state index contributed by atoms with van der Waals surface area (Å²) in [6.45, 7) is 0.323. The summed E-state index contributed by atoms with van der Waals surface area (Å²) in [6.07, 6.45) is 1.71. The molecule has 2 aromatic heterocycles. The third-order valence-corrected chi connectivity index (χ3v) is 3.76. The normalized spacial score (nSPS) is 10.6. The van der Waals surface area contributed by atoms with E-state index in [0.29, 0.717) is 6.54 Å². The van der Waals surface area contributed by atoms with Crippen LogP contribution in [-0.2, 0) is 6.54 Å². The summed E-state index contributed by atoms with van der Waals surface area (Å²) in [5, 5.41) is 5.51. The van der Waals surface area contributed by atoms with Gasteiger partial charge in [-0.2, -0.15) is 0 Å². The van der Waals surface area contributed by atoms with Gasteiger partial charge in [-0.3, -0.25) is 4.98 Å². The quantitative estimate of drug-likeness (QED) is 0.788. The molecule has 106 valence electrons. The topological polar surface area (TPSA) is 37.8 Å². The maximum atomic E-state index is 13.5. The van der Waals surface area contributed by atoms with Crippen LogP contribution in [0.25, 0.3) is 10.7 Å². The number of benzene rings is 1. The fourth-order valence-electron chi connectivity index (χ4n) is 1.82. The molecule has 0 aliphatic carbocycles. The lowest BCUT2D eigenvalue weighted by molar-refractivity contribution is 0.511. The number of rotatable bonds is 4. The summed E-state index contributed by atoms with van der Waals surface area (Å²) < 4.78 is 26.6. The van der Waals surface area contributed by atoms with E-state index in [0.717, 1.165) is 22.5 Å². The van der Waals surface area contributed by atoms with Crippen molar-refractivity contribution in [3.05, 3.63) is 65.3 Å². The average molecular weight is 303 g/mol. The first-order chi connectivity index (χ1) is 10.2. The van der Waals surface area contributed by atoms with Crippen LogP contribution in [0.2, 0.25) is 0 Å². The second kappa shape index (κ2) is 5.97. The minimum Gasteiger partial charge on any atom is -0.377 e. The van der Waals surface area contributed by atoms with Crippen molar-refractivity contribution >= 4 is 17.0 Å². The molecule has 2 heterocycles. The Morgan fingerprint density at radius 1 is 1.10 bits per heavy atom. The predicted molar refractivity (Wildman–Crippen MR) is 79.0 cm³/mol. The summed E-state index contributed by atoms with van der Waals surface area (Å²) in [5.41, 5.74) is 1.68. The first kappa shape index (κ1) is 13.6. The maximum Gasteiger partial charge on any atom is 0.181 e. The van der Waals surface area contributed by atoms with Crippen molar-refractivity contribution in [1.29, 1.82) is 0 Å². The third-order valence-electron chi connectivity index (χ3n) is 2.85. The first-order valence-corrected chi connectivity index (χ1v) is 7.15. The Kier molecular flexibility index (Phi) is 3.87. The van der Waals surface area contributed by atoms with Gasteiger partial charge in [0.05, 0.1) is 23.6 Å². The van der Waals surface area contributed by atoms with E-state index in [1.807, 2.05) is 23.6 Å². The smallest absolute Gasteiger partial charge is 0.181 e. The highest BCUT2D eigenvalue weighted by Gasteiger charge is 2.09. The number of anilines is 1. The molecule has 0 saturated heterocycles. The van der Waals surface area contributed by atoms with Crippen LogP contribution in [0.1, 0.15) is 5.69 Å². The zero-order chi connectivity index (χ0) is 14.7. The maximum absolute atomic E-state index is 13.5. The van der Waals surface area contributed by atoms with E-state index in [1.54, 1.807) is 6.20 Å². The fourth-order valence-corrected chi connectivity index (χ4v) is 2.62. The number of nitrogens with zero attached hydrogens (tertiary/aromatic N) is 2. The Bertz CT molecular complexity index is 744. The van der Waals surface area contributed by atoms with Gasteiger partial charge < -0.3 is 5.32 Å². The second-order valence-electron chi connectivity index (χ2n) is 4.31. The van der Waals surface area contributed by atoms with Crippen LogP contribution in [0.15, 0.2) is 48.0 Å². The molecule has 0 atom stereocenters. The molecule has 0 aliphatic heterocycles. The van der Waals surface area contributed by atoms with Gasteiger partial charge in [-0.25, -0.2) is 13.8 Å². The molecular formula is C15H11F2N3S. The molecule has 3 aromatic rings. The van der Waals surface area contributed by atoms with Gasteiger partial charge in [0.15, 0.2) is 11.6 Å². The summed E-state index contributed by atoms with van der Waals surface area (Å²) in [7, 11) is 0. The van der Waals surface area contributed by atoms with Crippen molar-refractivity contribution in [2.75, 3.05) is 5.32 Å². The van der Waals surface area contributed by atoms with Crippen molar-refractivity contribution in [2.45, 2.75) is 6.54 Å². The van der Waals surface area contributed by atoms with Crippen molar-refractivity contribution < 1.29 is 8.78 Å². The van der Waals surface area contributed by atoms with E-state index in [2.05, 4.69) is 15.3 Å². The van der Waals surface area contributed by atoms with Crippen molar-refractivity contribution in [1.82, 2.24) is 9.97 Å². The Labute approximate surface area is 124 Å². The average Bonchev–Trinajstić information content (AvgIpc) is 2.99. The van der Waals surface area contributed by atoms with Gasteiger partial charge in [-0.15, -0.1) is 11.3 Å². The van der Waals surface area contributed by atoms with Crippen LogP contribution in [0, 0.1) is 11.6 Å². The van der Waals surface area contributed by atoms with Gasteiger partial charge in [0.1, 0.15) is 5.01 Å². The van der Waals surface area contributed by atoms with E-state index in [-0.39, 0.29) is 5.69 Å². The Hall–Kier alpha value is -2.34. The molecule has 6 heteroatoms. The number of hydrogen-bond donors (Lipinski definition) is 1. The number of thiazole rings is 1. The van der Waals surface area contributed by atoms with Crippen molar-refractivity contribution in [2.24, 2.45) is 0 Å². The molecule has 0 radical (unpaired) electrons. The summed E-state index contributed by atoms with van der Waals surface area (Å²) in [6, 6.07) is 9.65. The molecule has 0 aliphatic rings. The zero-order valence-electron chi connectivity index (χ0n) is 10.9. The molecule has 0 saturated carbocycles. The minimum atomic E-state index is -0.877. The van der Waals surface area contributed by atoms with E-state index in [1.165, 1.54) is 23.5 Å². The molecule has 3 rings (SSSR count). The van der Waals surface area contributed by atoms with E-state index >= 15 is 0 Å². The van der Waals surface area contributed by atoms with Gasteiger partial charge in [0, 0.05) is 11.6 Å². The lowest BCUT2D eigenvalue weighted by Gasteiger charge is -2.05. The standard InChI is InChI=1S/C15H11F2N3S/c16-11-4-3-6-12(14(11)17)19-8-10-9-21-15(20-10)13-5-1-2-7-18-13/h1-7,9,19H,8H2. The molecule has 0 fully saturated rings. The summed E-state index contributed by atoms with van der Waals surface area (Å²) >= 11 is 1.46. The van der Waals surface area contributed by atoms with Gasteiger partial charge in [-0.05, 0) is 24.3 Å². The number of nitrogens with one attached hydrogen (secondary N) is 1. The highest BCUT2D eigenvalue weighted by Crippen LogP contribution is 2.22. The molecule has 0 bridgehead atoms. The lowest BCUT2D eigenvalue weighted by atomic mass is 10.3. The van der Waals surface area contributed by atoms with Gasteiger partial charge >= 0.3 is 0 Å². The molecular weight excluding hydrogens is 292 g/mol. The Morgan fingerprint density at radius 3 is 2.81 bits per heavy atom. The number of hydrogen-bond acceptors (Lipinski definition) is 4. The third kappa shape index (κ3) is 3.05. The van der Waals surface area contributed by atoms with E-state index in [4.69, 9.17) is 0 Å². The van der Waals surface area contributed by atoms with Gasteiger partial charge in [0.25, 0.3) is 0 Å². The highest BCUT2D eigenvalue weighted by molar-refractivity contribution is 7.13. The monoisotopic (exact) mass is 303 g/mol. The fraction of sp³-hybridized carbons (Fsp3) is 0.0667. The number of pyridine rings is 1. The Balaban J connectivity index is 1.72. The molecule has 1 N–H and O–H groups in total. The zero-order valence-corrected chi connectivity index (χ0v) is 11.7. The molecule has 0 spiro atoms. The van der Waals surface area contributed by atoms with Crippen LogP contribution in [0.4, 0.5) is 14.5 Å². The van der Waals surface area contributed by atoms with Crippen LogP contribution in [0.3, 0.4) is 0 Å². The summed E-state index contributed by atoms with van der Waals surface area (Å²) in [5.74, 6) is -1.75. The van der Waals surface area contributed by atoms with Crippen LogP contribution in [0.5, 0.6) is 0 Å². The molecule has 0 unspecified atom stereocenters. The minimum absolute atomic E-state index is 0.127. The Morgan fingerprint density at radius 2 is 2.00 bits per heavy atom. The molecule has 1 aromatic carbocycles. The second-order valence-corrected chi connectivity index (χ2v) is 5.17. The first-order valence-electron chi connectivity index (χ1n) is 6.28. The molecule has 0 amide bonds. The molecule has 3 nitrogen and oxygen atoms in total. The van der Waals surface area contributed by atoms with E-state index < -0.39 is 11.6 Å². The van der Waals surface area contributed by atoms with Crippen LogP contribution < -0.4 is 5.32 Å². The SMILES string of the molecule is Fc1cccc(NCc2csc(-c3ccccn3)n2)c1F. The van der Waals surface area contributed by atoms with Gasteiger partial charge in [-0.1, -0.05) is 12.1 Å². The van der Waals surface area contributed by atoms with E-state index in [9.17, 15) is 8.78 Å². The number of aromatic nitrogens is 2. The van der Waals surface area contributed by atoms with Crippen LogP contribution >= 0.6 is 11.3 Å². The predicted octanol–water partition coefficient (Wildman–Crippen LogP) is 4.10. The molecule has 21 heavy (non-hydrogen) atoms. The van der Waals surface area contributed by atoms with Crippen LogP contribution in [-0.4, -0.2) is 9.97 Å². The highest BCUT2D eigenvalue weighted by atomic mass is 32.1. The lowest BCUT2D eigenvalue weighted by Crippen LogP contribution is -2.02.